The second-order valence-corrected chi connectivity index (χ2v) is 11.6. The minimum atomic E-state index is -1.12. The van der Waals surface area contributed by atoms with Crippen LogP contribution in [0.3, 0.4) is 0 Å². The zero-order chi connectivity index (χ0) is 26.6. The summed E-state index contributed by atoms with van der Waals surface area (Å²) >= 11 is 0. The molecule has 0 spiro atoms. The Hall–Kier alpha value is 0.490. The van der Waals surface area contributed by atoms with Crippen LogP contribution >= 0.6 is 0 Å². The Labute approximate surface area is 285 Å². The molecule has 0 amide bonds. The van der Waals surface area contributed by atoms with Crippen molar-refractivity contribution in [1.29, 1.82) is 0 Å². The molecule has 0 aliphatic heterocycles. The first-order chi connectivity index (χ1) is 18.0. The van der Waals surface area contributed by atoms with Crippen LogP contribution in [0.25, 0.3) is 0 Å². The van der Waals surface area contributed by atoms with Gasteiger partial charge in [0.2, 0.25) is 0 Å². The minimum absolute atomic E-state index is 0. The predicted molar refractivity (Wildman–Crippen MR) is 138 cm³/mol. The first kappa shape index (κ1) is 40.5. The fourth-order valence-corrected chi connectivity index (χ4v) is 7.74. The van der Waals surface area contributed by atoms with Gasteiger partial charge in [-0.15, -0.1) is 5.92 Å². The number of fused-ring (bicyclic) bond motifs is 5. The van der Waals surface area contributed by atoms with Gasteiger partial charge < -0.3 is 24.9 Å². The van der Waals surface area contributed by atoms with E-state index in [1.807, 2.05) is 6.92 Å². The van der Waals surface area contributed by atoms with Crippen molar-refractivity contribution in [2.75, 3.05) is 19.8 Å². The summed E-state index contributed by atoms with van der Waals surface area (Å²) in [5.74, 6) is 2.53. The normalized spacial score (nSPS) is 33.1. The van der Waals surface area contributed by atoms with Crippen molar-refractivity contribution in [3.05, 3.63) is 0 Å². The Morgan fingerprint density at radius 1 is 0.750 bits per heavy atom. The van der Waals surface area contributed by atoms with E-state index in [2.05, 4.69) is 6.29 Å². The molecule has 0 heterocycles. The molecule has 0 aromatic carbocycles. The first-order valence-corrected chi connectivity index (χ1v) is 15.0. The number of rotatable bonds is 8. The summed E-state index contributed by atoms with van der Waals surface area (Å²) in [6.07, 6.45) is 18.9. The fourth-order valence-electron chi connectivity index (χ4n) is 7.74. The maximum atomic E-state index is 11.4. The quantitative estimate of drug-likeness (QED) is 0.0868. The van der Waals surface area contributed by atoms with Crippen molar-refractivity contribution in [2.24, 2.45) is 47.3 Å². The van der Waals surface area contributed by atoms with Gasteiger partial charge in [-0.1, -0.05) is 44.9 Å². The molecular formula is C30H48Na2O8-2. The van der Waals surface area contributed by atoms with E-state index in [0.29, 0.717) is 38.6 Å². The molecular weight excluding hydrogens is 534 g/mol. The molecule has 8 atom stereocenters. The number of ether oxygens (including phenoxy) is 1. The van der Waals surface area contributed by atoms with Crippen LogP contribution in [0, 0.1) is 47.3 Å². The summed E-state index contributed by atoms with van der Waals surface area (Å²) in [6, 6.07) is 0. The average molecular weight is 583 g/mol. The van der Waals surface area contributed by atoms with Crippen LogP contribution in [-0.2, 0) is 34.4 Å². The second-order valence-electron chi connectivity index (χ2n) is 11.6. The molecule has 0 aromatic rings. The molecule has 10 heteroatoms. The van der Waals surface area contributed by atoms with Gasteiger partial charge in [0.1, 0.15) is 0 Å². The van der Waals surface area contributed by atoms with Crippen molar-refractivity contribution in [3.63, 3.8) is 0 Å². The van der Waals surface area contributed by atoms with E-state index in [9.17, 15) is 19.5 Å². The molecule has 0 radical (unpaired) electrons. The number of carbonyl (C=O) groups is 2. The van der Waals surface area contributed by atoms with Crippen molar-refractivity contribution in [1.82, 2.24) is 0 Å². The van der Waals surface area contributed by atoms with E-state index in [0.717, 1.165) is 32.1 Å². The molecule has 0 saturated heterocycles. The molecule has 2 bridgehead atoms. The third-order valence-corrected chi connectivity index (χ3v) is 9.55. The third kappa shape index (κ3) is 11.9. The molecule has 0 N–H and O–H groups in total. The van der Waals surface area contributed by atoms with Gasteiger partial charge in [0.15, 0.2) is 0 Å². The van der Waals surface area contributed by atoms with E-state index >= 15 is 0 Å². The number of aliphatic carboxylic acids is 1. The van der Waals surface area contributed by atoms with Crippen LogP contribution in [0.2, 0.25) is 0 Å². The molecule has 5 fully saturated rings. The Bertz CT molecular complexity index is 708. The maximum absolute atomic E-state index is 11.4. The van der Waals surface area contributed by atoms with Crippen LogP contribution in [0.15, 0.2) is 0 Å². The van der Waals surface area contributed by atoms with E-state index in [-0.39, 0.29) is 76.5 Å². The van der Waals surface area contributed by atoms with Crippen LogP contribution in [0.5, 0.6) is 0 Å². The van der Waals surface area contributed by atoms with E-state index < -0.39 is 17.8 Å². The Balaban J connectivity index is 0.000000554. The Morgan fingerprint density at radius 2 is 1.32 bits per heavy atom. The van der Waals surface area contributed by atoms with Gasteiger partial charge in [-0.2, -0.15) is 0 Å². The molecule has 5 aliphatic rings. The molecule has 8 nitrogen and oxygen atoms in total. The van der Waals surface area contributed by atoms with Gasteiger partial charge in [0, 0.05) is 11.9 Å². The monoisotopic (exact) mass is 582 g/mol. The second kappa shape index (κ2) is 22.1. The van der Waals surface area contributed by atoms with Gasteiger partial charge in [-0.3, -0.25) is 11.1 Å². The third-order valence-electron chi connectivity index (χ3n) is 9.55. The van der Waals surface area contributed by atoms with Crippen LogP contribution in [0.4, 0.5) is 0 Å². The topological polar surface area (TPSA) is 130 Å². The smallest absolute Gasteiger partial charge is 1.00 e. The number of carbonyl (C=O) groups excluding carboxylic acids is 3. The summed E-state index contributed by atoms with van der Waals surface area (Å²) in [5, 5.41) is 10.8. The molecule has 5 rings (SSSR count). The predicted octanol–water partition coefficient (Wildman–Crippen LogP) is -1.30. The number of carboxylic acids is 1. The number of hydrogen-bond acceptors (Lipinski definition) is 7. The standard InChI is InChI=1S/C10H16O4.C10H17O3.C10H16.2Na.O/c1-2-14-10(13)8-6-4-3-5-7(8)9(11)12;1-2-12-13-8-10-6-4-3-5-9(10)7-11;1-2-9-7-4-5-8(6-7)10(9)3-1;;;/h7-8H,2-6H2,1H3,(H,11,12);9-10H,2-6,8H2,1H3;7-10H,1-6H2;;;/q;-1;;2*+1;-2/p-1. The molecule has 0 aromatic heterocycles. The SMILES string of the molecule is C1CC2C3CCC(C3)C2C1.CCOC(=O)C1CCCCC1C(=O)[O-].CCOOCC1CCCCC1[C-]=O.[Na+].[Na+].[O-2]. The molecule has 5 saturated carbocycles. The van der Waals surface area contributed by atoms with Crippen molar-refractivity contribution >= 4 is 18.2 Å². The summed E-state index contributed by atoms with van der Waals surface area (Å²) in [5.41, 5.74) is 0. The minimum Gasteiger partial charge on any atom is -2.00 e. The molecule has 5 aliphatic carbocycles. The van der Waals surface area contributed by atoms with E-state index in [1.54, 1.807) is 45.4 Å². The number of hydrogen-bond donors (Lipinski definition) is 0. The maximum Gasteiger partial charge on any atom is 1.00 e. The van der Waals surface area contributed by atoms with Crippen molar-refractivity contribution in [3.8, 4) is 0 Å². The van der Waals surface area contributed by atoms with Crippen LogP contribution < -0.4 is 64.2 Å². The first-order valence-electron chi connectivity index (χ1n) is 15.0. The van der Waals surface area contributed by atoms with Crippen LogP contribution in [-0.4, -0.2) is 38.0 Å². The van der Waals surface area contributed by atoms with Crippen molar-refractivity contribution < 1.29 is 98.6 Å². The average Bonchev–Trinajstić information content (AvgIpc) is 3.66. The Morgan fingerprint density at radius 3 is 1.88 bits per heavy atom. The number of carboxylic acid groups (broad SMARTS) is 1. The Kier molecular flexibility index (Phi) is 22.3. The molecule has 220 valence electrons. The molecule has 8 unspecified atom stereocenters. The van der Waals surface area contributed by atoms with Crippen LogP contribution in [0.1, 0.15) is 104 Å². The largest absolute Gasteiger partial charge is 2.00 e. The zero-order valence-corrected chi connectivity index (χ0v) is 29.4. The summed E-state index contributed by atoms with van der Waals surface area (Å²) < 4.78 is 4.83. The van der Waals surface area contributed by atoms with Crippen molar-refractivity contribution in [2.45, 2.75) is 104 Å². The van der Waals surface area contributed by atoms with E-state index in [4.69, 9.17) is 14.5 Å². The van der Waals surface area contributed by atoms with Gasteiger partial charge in [-0.05, 0) is 88.4 Å². The van der Waals surface area contributed by atoms with Gasteiger partial charge >= 0.3 is 65.1 Å². The summed E-state index contributed by atoms with van der Waals surface area (Å²) in [6.45, 7) is 4.99. The van der Waals surface area contributed by atoms with Gasteiger partial charge in [0.05, 0.1) is 25.7 Å². The summed E-state index contributed by atoms with van der Waals surface area (Å²) in [4.78, 5) is 42.5. The van der Waals surface area contributed by atoms with Gasteiger partial charge in [0.25, 0.3) is 0 Å². The van der Waals surface area contributed by atoms with Gasteiger partial charge in [-0.25, -0.2) is 9.78 Å². The molecule has 40 heavy (non-hydrogen) atoms. The van der Waals surface area contributed by atoms with E-state index in [1.165, 1.54) is 30.1 Å². The zero-order valence-electron chi connectivity index (χ0n) is 25.4. The number of esters is 1. The summed E-state index contributed by atoms with van der Waals surface area (Å²) in [7, 11) is 0. The fraction of sp³-hybridized carbons (Fsp3) is 0.900.